The minimum atomic E-state index is -4.40. The van der Waals surface area contributed by atoms with Crippen molar-refractivity contribution in [3.8, 4) is 0 Å². The second-order valence-corrected chi connectivity index (χ2v) is 10.7. The number of aromatic nitrogens is 3. The van der Waals surface area contributed by atoms with Gasteiger partial charge in [-0.25, -0.2) is 4.98 Å². The Morgan fingerprint density at radius 3 is 2.33 bits per heavy atom. The lowest BCUT2D eigenvalue weighted by Gasteiger charge is -2.10. The van der Waals surface area contributed by atoms with Gasteiger partial charge >= 0.3 is 6.18 Å². The molecule has 0 saturated carbocycles. The van der Waals surface area contributed by atoms with Crippen LogP contribution in [-0.2, 0) is 25.7 Å². The number of alkyl halides is 3. The fourth-order valence-corrected chi connectivity index (χ4v) is 6.58. The molecule has 0 fully saturated rings. The van der Waals surface area contributed by atoms with Crippen molar-refractivity contribution in [2.75, 3.05) is 0 Å². The Balaban J connectivity index is 1.70. The molecule has 3 nitrogen and oxygen atoms in total. The summed E-state index contributed by atoms with van der Waals surface area (Å²) in [5.74, 6) is 0.620. The number of halogens is 3. The highest BCUT2D eigenvalue weighted by atomic mass is 32.1. The Bertz CT molecular complexity index is 972. The van der Waals surface area contributed by atoms with Crippen molar-refractivity contribution in [2.45, 2.75) is 78.1 Å². The van der Waals surface area contributed by atoms with Crippen molar-refractivity contribution >= 4 is 34.0 Å². The molecule has 0 aliphatic heterocycles. The average molecular weight is 476 g/mol. The van der Waals surface area contributed by atoms with E-state index in [1.54, 1.807) is 11.3 Å². The van der Waals surface area contributed by atoms with E-state index in [1.807, 2.05) is 28.3 Å². The minimum absolute atomic E-state index is 0.247. The molecule has 0 aliphatic rings. The number of hydrogen-bond acceptors (Lipinski definition) is 4. The van der Waals surface area contributed by atoms with Crippen LogP contribution in [0.4, 0.5) is 13.2 Å². The van der Waals surface area contributed by atoms with Crippen LogP contribution in [0.25, 0.3) is 0 Å². The van der Waals surface area contributed by atoms with E-state index in [0.29, 0.717) is 23.3 Å². The first-order valence-corrected chi connectivity index (χ1v) is 12.7. The summed E-state index contributed by atoms with van der Waals surface area (Å²) in [7, 11) is 0. The van der Waals surface area contributed by atoms with Crippen molar-refractivity contribution in [1.29, 1.82) is 0 Å². The van der Waals surface area contributed by atoms with Crippen LogP contribution in [0.5, 0.6) is 0 Å². The molecule has 3 rings (SSSR count). The molecule has 2 atom stereocenters. The third kappa shape index (κ3) is 5.11. The molecule has 0 saturated heterocycles. The highest BCUT2D eigenvalue weighted by Crippen LogP contribution is 2.36. The molecule has 0 spiro atoms. The summed E-state index contributed by atoms with van der Waals surface area (Å²) in [5.41, 5.74) is 6.18. The van der Waals surface area contributed by atoms with Crippen molar-refractivity contribution in [1.82, 2.24) is 4.98 Å². The predicted molar refractivity (Wildman–Crippen MR) is 116 cm³/mol. The van der Waals surface area contributed by atoms with Crippen molar-refractivity contribution in [3.63, 3.8) is 0 Å². The van der Waals surface area contributed by atoms with Gasteiger partial charge in [0, 0.05) is 11.3 Å². The first-order valence-electron chi connectivity index (χ1n) is 10.1. The van der Waals surface area contributed by atoms with Crippen molar-refractivity contribution < 1.29 is 22.3 Å². The number of hydrogen-bond donors (Lipinski definition) is 0. The summed E-state index contributed by atoms with van der Waals surface area (Å²) in [6.45, 7) is 12.1. The van der Waals surface area contributed by atoms with E-state index in [1.165, 1.54) is 21.0 Å². The normalized spacial score (nSPS) is 14.4. The summed E-state index contributed by atoms with van der Waals surface area (Å²) in [5, 5.41) is 0. The minimum Gasteiger partial charge on any atom is -0.240 e. The van der Waals surface area contributed by atoms with Crippen LogP contribution in [-0.4, -0.2) is 4.98 Å². The third-order valence-electron chi connectivity index (χ3n) is 5.17. The second kappa shape index (κ2) is 9.44. The Morgan fingerprint density at radius 1 is 0.967 bits per heavy atom. The van der Waals surface area contributed by atoms with E-state index in [9.17, 15) is 13.2 Å². The summed E-state index contributed by atoms with van der Waals surface area (Å²) in [6, 6.07) is 0. The Morgan fingerprint density at radius 2 is 1.70 bits per heavy atom. The van der Waals surface area contributed by atoms with Gasteiger partial charge in [-0.2, -0.15) is 22.3 Å². The van der Waals surface area contributed by atoms with E-state index in [4.69, 9.17) is 0 Å². The maximum atomic E-state index is 13.1. The van der Waals surface area contributed by atoms with Crippen LogP contribution in [0.2, 0.25) is 0 Å². The van der Waals surface area contributed by atoms with Gasteiger partial charge in [0.2, 0.25) is 11.0 Å². The summed E-state index contributed by atoms with van der Waals surface area (Å²) < 4.78 is 43.8. The smallest absolute Gasteiger partial charge is 0.240 e. The van der Waals surface area contributed by atoms with Crippen molar-refractivity contribution in [2.24, 2.45) is 0 Å². The second-order valence-electron chi connectivity index (χ2n) is 8.01. The first kappa shape index (κ1) is 23.3. The highest BCUT2D eigenvalue weighted by Gasteiger charge is 2.38. The lowest BCUT2D eigenvalue weighted by Crippen LogP contribution is -2.38. The van der Waals surface area contributed by atoms with Crippen LogP contribution in [0.15, 0.2) is 22.7 Å². The lowest BCUT2D eigenvalue weighted by atomic mass is 10.1. The number of rotatable bonds is 8. The van der Waals surface area contributed by atoms with Crippen LogP contribution in [0.1, 0.15) is 78.4 Å². The van der Waals surface area contributed by atoms with Crippen LogP contribution < -0.4 is 9.13 Å². The zero-order valence-corrected chi connectivity index (χ0v) is 20.3. The number of thiazole rings is 3. The van der Waals surface area contributed by atoms with Gasteiger partial charge in [-0.3, -0.25) is 0 Å². The van der Waals surface area contributed by atoms with Gasteiger partial charge in [0.25, 0.3) is 0 Å². The quantitative estimate of drug-likeness (QED) is 0.358. The molecule has 0 radical (unpaired) electrons. The van der Waals surface area contributed by atoms with E-state index in [2.05, 4.69) is 49.0 Å². The molecule has 0 aliphatic carbocycles. The standard InChI is InChI=1S/C21H28F3N3S3/c1-6-16-18(13(2)3)30-12-27(16)8-14(4)17-9-26(11-29-17)7-15(5)19-20(21(22,23)24)25-10-28-19/h9-15H,6-8H2,1-5H3/q+2. The molecule has 3 aromatic rings. The van der Waals surface area contributed by atoms with E-state index >= 15 is 0 Å². The summed E-state index contributed by atoms with van der Waals surface area (Å²) in [6.07, 6.45) is -1.30. The van der Waals surface area contributed by atoms with E-state index in [-0.39, 0.29) is 5.92 Å². The molecule has 0 N–H and O–H groups in total. The average Bonchev–Trinajstić information content (AvgIpc) is 3.39. The van der Waals surface area contributed by atoms with Gasteiger partial charge in [-0.1, -0.05) is 57.3 Å². The molecular formula is C21H28F3N3S3+2. The SMILES string of the molecule is CCc1c(C(C)C)sc[n+]1CC(C)c1c[n+](CC(C)c2scnc2C(F)(F)F)cs1. The molecule has 164 valence electrons. The Labute approximate surface area is 187 Å². The fraction of sp³-hybridized carbons (Fsp3) is 0.571. The summed E-state index contributed by atoms with van der Waals surface area (Å²) >= 11 is 4.58. The predicted octanol–water partition coefficient (Wildman–Crippen LogP) is 6.15. The topological polar surface area (TPSA) is 20.6 Å². The molecule has 0 aromatic carbocycles. The van der Waals surface area contributed by atoms with Crippen molar-refractivity contribution in [3.05, 3.63) is 48.7 Å². The maximum absolute atomic E-state index is 13.1. The Kier molecular flexibility index (Phi) is 7.35. The van der Waals surface area contributed by atoms with Crippen LogP contribution in [0.3, 0.4) is 0 Å². The summed E-state index contributed by atoms with van der Waals surface area (Å²) in [4.78, 5) is 6.54. The molecule has 0 bridgehead atoms. The molecule has 3 aromatic heterocycles. The third-order valence-corrected chi connectivity index (χ3v) is 8.70. The van der Waals surface area contributed by atoms with E-state index in [0.717, 1.165) is 24.3 Å². The van der Waals surface area contributed by atoms with Gasteiger partial charge in [0.15, 0.2) is 30.7 Å². The van der Waals surface area contributed by atoms with Gasteiger partial charge in [-0.15, -0.1) is 11.3 Å². The molecule has 3 heterocycles. The zero-order chi connectivity index (χ0) is 22.1. The molecular weight excluding hydrogens is 447 g/mol. The van der Waals surface area contributed by atoms with Gasteiger partial charge in [0.05, 0.1) is 27.1 Å². The maximum Gasteiger partial charge on any atom is 0.434 e. The molecule has 2 unspecified atom stereocenters. The fourth-order valence-electron chi connectivity index (χ4n) is 3.69. The zero-order valence-electron chi connectivity index (χ0n) is 17.9. The first-order chi connectivity index (χ1) is 14.1. The largest absolute Gasteiger partial charge is 0.434 e. The van der Waals surface area contributed by atoms with Crippen LogP contribution in [0, 0.1) is 0 Å². The molecule has 0 amide bonds. The highest BCUT2D eigenvalue weighted by molar-refractivity contribution is 7.10. The molecule has 30 heavy (non-hydrogen) atoms. The Hall–Kier alpha value is -1.32. The van der Waals surface area contributed by atoms with E-state index < -0.39 is 11.9 Å². The number of nitrogens with zero attached hydrogens (tertiary/aromatic N) is 3. The van der Waals surface area contributed by atoms with Crippen LogP contribution >= 0.6 is 34.0 Å². The lowest BCUT2D eigenvalue weighted by molar-refractivity contribution is -0.703. The molecule has 9 heteroatoms. The van der Waals surface area contributed by atoms with Gasteiger partial charge in [-0.05, 0) is 5.92 Å². The van der Waals surface area contributed by atoms with Gasteiger partial charge < -0.3 is 0 Å². The monoisotopic (exact) mass is 475 g/mol. The van der Waals surface area contributed by atoms with Gasteiger partial charge in [0.1, 0.15) is 0 Å².